The summed E-state index contributed by atoms with van der Waals surface area (Å²) >= 11 is 11.8. The second-order valence-corrected chi connectivity index (χ2v) is 5.11. The van der Waals surface area contributed by atoms with Crippen LogP contribution in [0.25, 0.3) is 0 Å². The third-order valence-corrected chi connectivity index (χ3v) is 3.45. The molecule has 1 N–H and O–H groups in total. The number of hydrogen-bond acceptors (Lipinski definition) is 3. The third kappa shape index (κ3) is 3.58. The van der Waals surface area contributed by atoms with Crippen molar-refractivity contribution in [3.8, 4) is 0 Å². The van der Waals surface area contributed by atoms with Gasteiger partial charge in [-0.25, -0.2) is 14.4 Å². The molecule has 2 rings (SSSR count). The number of anilines is 1. The number of aromatic nitrogens is 2. The zero-order valence-corrected chi connectivity index (χ0v) is 12.5. The van der Waals surface area contributed by atoms with Gasteiger partial charge in [0.1, 0.15) is 23.1 Å². The molecule has 0 aliphatic rings. The smallest absolute Gasteiger partial charge is 0.141 e. The second-order valence-electron chi connectivity index (χ2n) is 4.34. The molecule has 0 aliphatic heterocycles. The maximum Gasteiger partial charge on any atom is 0.141 e. The van der Waals surface area contributed by atoms with E-state index in [0.717, 1.165) is 24.0 Å². The molecule has 0 bridgehead atoms. The lowest BCUT2D eigenvalue weighted by Gasteiger charge is -2.11. The Morgan fingerprint density at radius 2 is 2.05 bits per heavy atom. The minimum Gasteiger partial charge on any atom is -0.366 e. The summed E-state index contributed by atoms with van der Waals surface area (Å²) in [6.45, 7) is 2.55. The Kier molecular flexibility index (Phi) is 5.15. The zero-order chi connectivity index (χ0) is 14.5. The molecule has 0 spiro atoms. The van der Waals surface area contributed by atoms with Crippen LogP contribution in [-0.2, 0) is 13.0 Å². The molecule has 0 radical (unpaired) electrons. The molecule has 106 valence electrons. The van der Waals surface area contributed by atoms with Crippen LogP contribution in [0.1, 0.15) is 24.5 Å². The number of nitrogens with zero attached hydrogens (tertiary/aromatic N) is 2. The first-order chi connectivity index (χ1) is 9.61. The van der Waals surface area contributed by atoms with Crippen molar-refractivity contribution in [2.24, 2.45) is 0 Å². The zero-order valence-electron chi connectivity index (χ0n) is 11.0. The Hall–Kier alpha value is -1.39. The molecule has 20 heavy (non-hydrogen) atoms. The van der Waals surface area contributed by atoms with Crippen LogP contribution in [0, 0.1) is 5.82 Å². The van der Waals surface area contributed by atoms with Crippen LogP contribution in [0.2, 0.25) is 10.2 Å². The van der Waals surface area contributed by atoms with Crippen molar-refractivity contribution in [2.75, 3.05) is 5.32 Å². The molecule has 1 heterocycles. The van der Waals surface area contributed by atoms with Crippen LogP contribution >= 0.6 is 23.2 Å². The molecule has 0 aliphatic carbocycles. The Morgan fingerprint density at radius 1 is 1.25 bits per heavy atom. The summed E-state index contributed by atoms with van der Waals surface area (Å²) < 4.78 is 13.1. The van der Waals surface area contributed by atoms with E-state index in [0.29, 0.717) is 17.5 Å². The van der Waals surface area contributed by atoms with Gasteiger partial charge in [0.15, 0.2) is 0 Å². The molecule has 0 unspecified atom stereocenters. The van der Waals surface area contributed by atoms with Gasteiger partial charge in [-0.05, 0) is 24.1 Å². The van der Waals surface area contributed by atoms with Crippen LogP contribution < -0.4 is 5.32 Å². The first kappa shape index (κ1) is 15.0. The van der Waals surface area contributed by atoms with Crippen molar-refractivity contribution < 1.29 is 4.39 Å². The van der Waals surface area contributed by atoms with Gasteiger partial charge in [0, 0.05) is 12.1 Å². The molecule has 3 nitrogen and oxygen atoms in total. The van der Waals surface area contributed by atoms with Gasteiger partial charge in [-0.3, -0.25) is 0 Å². The minimum atomic E-state index is -0.424. The molecule has 0 fully saturated rings. The van der Waals surface area contributed by atoms with Crippen LogP contribution in [0.3, 0.4) is 0 Å². The minimum absolute atomic E-state index is 0.110. The van der Waals surface area contributed by atoms with E-state index in [9.17, 15) is 4.39 Å². The average molecular weight is 314 g/mol. The predicted octanol–water partition coefficient (Wildman–Crippen LogP) is 4.49. The summed E-state index contributed by atoms with van der Waals surface area (Å²) in [5.41, 5.74) is 1.76. The van der Waals surface area contributed by atoms with E-state index in [1.54, 1.807) is 12.1 Å². The molecular formula is C14H14Cl2FN3. The van der Waals surface area contributed by atoms with Gasteiger partial charge < -0.3 is 5.32 Å². The molecular weight excluding hydrogens is 300 g/mol. The fourth-order valence-corrected chi connectivity index (χ4v) is 2.28. The summed E-state index contributed by atoms with van der Waals surface area (Å²) in [6, 6.07) is 4.61. The highest BCUT2D eigenvalue weighted by Gasteiger charge is 2.09. The lowest BCUT2D eigenvalue weighted by atomic mass is 10.1. The fourth-order valence-electron chi connectivity index (χ4n) is 1.85. The van der Waals surface area contributed by atoms with Crippen molar-refractivity contribution >= 4 is 29.0 Å². The highest BCUT2D eigenvalue weighted by Crippen LogP contribution is 2.22. The maximum atomic E-state index is 13.1. The molecule has 6 heteroatoms. The van der Waals surface area contributed by atoms with Crippen molar-refractivity contribution in [2.45, 2.75) is 26.3 Å². The number of benzene rings is 1. The van der Waals surface area contributed by atoms with E-state index in [4.69, 9.17) is 23.2 Å². The molecule has 0 atom stereocenters. The van der Waals surface area contributed by atoms with Crippen molar-refractivity contribution in [1.29, 1.82) is 0 Å². The van der Waals surface area contributed by atoms with Gasteiger partial charge in [-0.15, -0.1) is 0 Å². The lowest BCUT2D eigenvalue weighted by Crippen LogP contribution is -2.06. The van der Waals surface area contributed by atoms with E-state index < -0.39 is 5.82 Å². The van der Waals surface area contributed by atoms with Crippen molar-refractivity contribution in [3.63, 3.8) is 0 Å². The Bertz CT molecular complexity index is 605. The topological polar surface area (TPSA) is 37.8 Å². The van der Waals surface area contributed by atoms with Crippen LogP contribution in [0.15, 0.2) is 24.5 Å². The van der Waals surface area contributed by atoms with Gasteiger partial charge in [-0.2, -0.15) is 0 Å². The van der Waals surface area contributed by atoms with Gasteiger partial charge in [0.2, 0.25) is 0 Å². The van der Waals surface area contributed by atoms with Crippen molar-refractivity contribution in [1.82, 2.24) is 9.97 Å². The van der Waals surface area contributed by atoms with Gasteiger partial charge in [-0.1, -0.05) is 42.6 Å². The first-order valence-electron chi connectivity index (χ1n) is 6.29. The lowest BCUT2D eigenvalue weighted by molar-refractivity contribution is 0.627. The monoisotopic (exact) mass is 313 g/mol. The fraction of sp³-hybridized carbons (Fsp3) is 0.286. The van der Waals surface area contributed by atoms with E-state index >= 15 is 0 Å². The van der Waals surface area contributed by atoms with Crippen LogP contribution in [0.4, 0.5) is 10.2 Å². The predicted molar refractivity (Wildman–Crippen MR) is 79.8 cm³/mol. The second kappa shape index (κ2) is 6.86. The summed E-state index contributed by atoms with van der Waals surface area (Å²) in [7, 11) is 0. The average Bonchev–Trinajstić information content (AvgIpc) is 2.43. The van der Waals surface area contributed by atoms with E-state index in [1.165, 1.54) is 12.4 Å². The summed E-state index contributed by atoms with van der Waals surface area (Å²) in [4.78, 5) is 8.18. The van der Waals surface area contributed by atoms with Gasteiger partial charge >= 0.3 is 0 Å². The Labute approximate surface area is 127 Å². The largest absolute Gasteiger partial charge is 0.366 e. The summed E-state index contributed by atoms with van der Waals surface area (Å²) in [5, 5.41) is 3.75. The van der Waals surface area contributed by atoms with Gasteiger partial charge in [0.25, 0.3) is 0 Å². The molecule has 0 saturated carbocycles. The molecule has 0 amide bonds. The standard InChI is InChI=1S/C14H14Cl2FN3/c1-2-3-10-13(16)19-8-20-14(10)18-7-9-4-5-12(17)11(15)6-9/h4-6,8H,2-3,7H2,1H3,(H,18,19,20). The number of nitrogens with one attached hydrogen (secondary N) is 1. The van der Waals surface area contributed by atoms with Crippen LogP contribution in [-0.4, -0.2) is 9.97 Å². The Morgan fingerprint density at radius 3 is 2.75 bits per heavy atom. The Balaban J connectivity index is 2.14. The first-order valence-corrected chi connectivity index (χ1v) is 7.04. The van der Waals surface area contributed by atoms with E-state index in [2.05, 4.69) is 22.2 Å². The van der Waals surface area contributed by atoms with E-state index in [1.807, 2.05) is 0 Å². The normalized spacial score (nSPS) is 10.6. The number of halogens is 3. The highest BCUT2D eigenvalue weighted by atomic mass is 35.5. The third-order valence-electron chi connectivity index (χ3n) is 2.84. The molecule has 1 aromatic heterocycles. The van der Waals surface area contributed by atoms with Gasteiger partial charge in [0.05, 0.1) is 5.02 Å². The molecule has 0 saturated heterocycles. The maximum absolute atomic E-state index is 13.1. The SMILES string of the molecule is CCCc1c(Cl)ncnc1NCc1ccc(F)c(Cl)c1. The molecule has 2 aromatic rings. The summed E-state index contributed by atoms with van der Waals surface area (Å²) in [5.74, 6) is 0.277. The summed E-state index contributed by atoms with van der Waals surface area (Å²) in [6.07, 6.45) is 3.16. The quantitative estimate of drug-likeness (QED) is 0.827. The van der Waals surface area contributed by atoms with Crippen molar-refractivity contribution in [3.05, 3.63) is 51.6 Å². The molecule has 1 aromatic carbocycles. The van der Waals surface area contributed by atoms with E-state index in [-0.39, 0.29) is 5.02 Å². The van der Waals surface area contributed by atoms with Crippen LogP contribution in [0.5, 0.6) is 0 Å². The number of hydrogen-bond donors (Lipinski definition) is 1. The number of rotatable bonds is 5. The highest BCUT2D eigenvalue weighted by molar-refractivity contribution is 6.31.